The Morgan fingerprint density at radius 3 is 2.52 bits per heavy atom. The lowest BCUT2D eigenvalue weighted by atomic mass is 10.2. The summed E-state index contributed by atoms with van der Waals surface area (Å²) in [7, 11) is -4.14. The molecule has 0 bridgehead atoms. The quantitative estimate of drug-likeness (QED) is 0.904. The summed E-state index contributed by atoms with van der Waals surface area (Å²) in [6, 6.07) is 4.85. The lowest BCUT2D eigenvalue weighted by molar-refractivity contribution is 0.0661. The number of rotatable bonds is 4. The van der Waals surface area contributed by atoms with E-state index in [2.05, 4.69) is 4.72 Å². The first-order valence-corrected chi connectivity index (χ1v) is 7.32. The van der Waals surface area contributed by atoms with Crippen LogP contribution in [0.3, 0.4) is 0 Å². The Kier molecular flexibility index (Phi) is 3.73. The maximum Gasteiger partial charge on any atom is 0.371 e. The topological polar surface area (TPSA) is 96.6 Å². The number of hydrogen-bond donors (Lipinski definition) is 2. The molecule has 6 nitrogen and oxygen atoms in total. The zero-order chi connectivity index (χ0) is 15.8. The van der Waals surface area contributed by atoms with Gasteiger partial charge in [-0.1, -0.05) is 6.07 Å². The molecule has 0 aliphatic rings. The standard InChI is InChI=1S/C13H12FNO5S/c1-7-3-4-9(14)10(5-7)15-21(18,19)12-6-11(13(16)17)20-8(12)2/h3-6,15H,1-2H3,(H,16,17). The third-order valence-corrected chi connectivity index (χ3v) is 4.21. The molecule has 112 valence electrons. The fraction of sp³-hybridized carbons (Fsp3) is 0.154. The highest BCUT2D eigenvalue weighted by Crippen LogP contribution is 2.24. The van der Waals surface area contributed by atoms with Crippen LogP contribution in [-0.2, 0) is 10.0 Å². The van der Waals surface area contributed by atoms with Crippen molar-refractivity contribution in [2.45, 2.75) is 18.7 Å². The molecular formula is C13H12FNO5S. The summed E-state index contributed by atoms with van der Waals surface area (Å²) in [6.45, 7) is 3.00. The van der Waals surface area contributed by atoms with E-state index in [1.54, 1.807) is 6.92 Å². The Labute approximate surface area is 120 Å². The minimum atomic E-state index is -4.14. The summed E-state index contributed by atoms with van der Waals surface area (Å²) in [4.78, 5) is 10.4. The predicted octanol–water partition coefficient (Wildman–Crippen LogP) is 2.53. The van der Waals surface area contributed by atoms with Crippen molar-refractivity contribution < 1.29 is 27.1 Å². The number of carbonyl (C=O) groups is 1. The number of aromatic carboxylic acids is 1. The number of carboxylic acids is 1. The Morgan fingerprint density at radius 2 is 1.95 bits per heavy atom. The van der Waals surface area contributed by atoms with Crippen molar-refractivity contribution >= 4 is 21.7 Å². The maximum atomic E-state index is 13.6. The van der Waals surface area contributed by atoms with Crippen LogP contribution in [0, 0.1) is 19.7 Å². The maximum absolute atomic E-state index is 13.6. The normalized spacial score (nSPS) is 11.4. The second kappa shape index (κ2) is 5.21. The van der Waals surface area contributed by atoms with Gasteiger partial charge in [-0.15, -0.1) is 0 Å². The molecule has 0 saturated carbocycles. The Morgan fingerprint density at radius 1 is 1.29 bits per heavy atom. The average Bonchev–Trinajstić information content (AvgIpc) is 2.77. The number of aryl methyl sites for hydroxylation is 2. The predicted molar refractivity (Wildman–Crippen MR) is 72.3 cm³/mol. The third kappa shape index (κ3) is 3.05. The van der Waals surface area contributed by atoms with Gasteiger partial charge in [0.2, 0.25) is 5.76 Å². The summed E-state index contributed by atoms with van der Waals surface area (Å²) in [5.41, 5.74) is 0.455. The summed E-state index contributed by atoms with van der Waals surface area (Å²) < 4.78 is 44.9. The third-order valence-electron chi connectivity index (χ3n) is 2.74. The van der Waals surface area contributed by atoms with Crippen molar-refractivity contribution in [3.63, 3.8) is 0 Å². The molecule has 0 saturated heterocycles. The van der Waals surface area contributed by atoms with Crippen molar-refractivity contribution in [1.29, 1.82) is 0 Å². The van der Waals surface area contributed by atoms with Crippen LogP contribution in [0.5, 0.6) is 0 Å². The van der Waals surface area contributed by atoms with Crippen molar-refractivity contribution in [1.82, 2.24) is 0 Å². The van der Waals surface area contributed by atoms with Gasteiger partial charge in [-0.25, -0.2) is 17.6 Å². The van der Waals surface area contributed by atoms with Crippen molar-refractivity contribution in [3.05, 3.63) is 47.2 Å². The molecule has 0 radical (unpaired) electrons. The second-order valence-electron chi connectivity index (χ2n) is 4.43. The van der Waals surface area contributed by atoms with E-state index in [-0.39, 0.29) is 16.3 Å². The first-order valence-electron chi connectivity index (χ1n) is 5.83. The Hall–Kier alpha value is -2.35. The Bertz CT molecular complexity index is 810. The number of nitrogens with one attached hydrogen (secondary N) is 1. The number of furan rings is 1. The molecule has 1 heterocycles. The van der Waals surface area contributed by atoms with Gasteiger partial charge in [0.05, 0.1) is 5.69 Å². The number of hydrogen-bond acceptors (Lipinski definition) is 4. The van der Waals surface area contributed by atoms with Gasteiger partial charge in [0.25, 0.3) is 10.0 Å². The van der Waals surface area contributed by atoms with Crippen LogP contribution in [0.4, 0.5) is 10.1 Å². The number of benzene rings is 1. The van der Waals surface area contributed by atoms with E-state index in [0.717, 1.165) is 12.1 Å². The largest absolute Gasteiger partial charge is 0.475 e. The van der Waals surface area contributed by atoms with Crippen LogP contribution in [0.25, 0.3) is 0 Å². The van der Waals surface area contributed by atoms with E-state index < -0.39 is 27.6 Å². The summed E-state index contributed by atoms with van der Waals surface area (Å²) in [5, 5.41) is 8.79. The van der Waals surface area contributed by atoms with E-state index in [1.807, 2.05) is 0 Å². The molecule has 0 aliphatic carbocycles. The minimum absolute atomic E-state index is 0.0899. The number of anilines is 1. The highest BCUT2D eigenvalue weighted by Gasteiger charge is 2.24. The lowest BCUT2D eigenvalue weighted by Gasteiger charge is -2.08. The number of halogens is 1. The Balaban J connectivity index is 2.43. The van der Waals surface area contributed by atoms with Gasteiger partial charge in [0.1, 0.15) is 16.5 Å². The first kappa shape index (κ1) is 15.0. The van der Waals surface area contributed by atoms with Gasteiger partial charge in [0.15, 0.2) is 0 Å². The van der Waals surface area contributed by atoms with Gasteiger partial charge in [0, 0.05) is 6.07 Å². The van der Waals surface area contributed by atoms with E-state index in [4.69, 9.17) is 9.52 Å². The van der Waals surface area contributed by atoms with Gasteiger partial charge in [-0.05, 0) is 31.5 Å². The van der Waals surface area contributed by atoms with Crippen LogP contribution in [0.1, 0.15) is 21.9 Å². The molecule has 0 unspecified atom stereocenters. The van der Waals surface area contributed by atoms with Crippen molar-refractivity contribution in [3.8, 4) is 0 Å². The molecule has 2 N–H and O–H groups in total. The van der Waals surface area contributed by atoms with Crippen LogP contribution < -0.4 is 4.72 Å². The summed E-state index contributed by atoms with van der Waals surface area (Å²) in [6.07, 6.45) is 0. The highest BCUT2D eigenvalue weighted by atomic mass is 32.2. The van der Waals surface area contributed by atoms with Crippen LogP contribution >= 0.6 is 0 Å². The van der Waals surface area contributed by atoms with Crippen LogP contribution in [-0.4, -0.2) is 19.5 Å². The SMILES string of the molecule is Cc1ccc(F)c(NS(=O)(=O)c2cc(C(=O)O)oc2C)c1. The molecule has 0 atom stereocenters. The molecule has 0 spiro atoms. The second-order valence-corrected chi connectivity index (χ2v) is 6.08. The molecule has 1 aromatic heterocycles. The lowest BCUT2D eigenvalue weighted by Crippen LogP contribution is -2.14. The fourth-order valence-electron chi connectivity index (χ4n) is 1.75. The van der Waals surface area contributed by atoms with Gasteiger partial charge >= 0.3 is 5.97 Å². The van der Waals surface area contributed by atoms with Crippen molar-refractivity contribution in [2.75, 3.05) is 4.72 Å². The van der Waals surface area contributed by atoms with Crippen molar-refractivity contribution in [2.24, 2.45) is 0 Å². The zero-order valence-electron chi connectivity index (χ0n) is 11.2. The molecule has 1 aromatic carbocycles. The molecule has 0 aliphatic heterocycles. The smallest absolute Gasteiger partial charge is 0.371 e. The molecule has 21 heavy (non-hydrogen) atoms. The van der Waals surface area contributed by atoms with Gasteiger partial charge in [-0.3, -0.25) is 4.72 Å². The molecule has 2 rings (SSSR count). The van der Waals surface area contributed by atoms with Gasteiger partial charge < -0.3 is 9.52 Å². The number of carboxylic acid groups (broad SMARTS) is 1. The molecular weight excluding hydrogens is 301 g/mol. The first-order chi connectivity index (χ1) is 9.70. The fourth-order valence-corrected chi connectivity index (χ4v) is 2.99. The molecule has 2 aromatic rings. The highest BCUT2D eigenvalue weighted by molar-refractivity contribution is 7.92. The van der Waals surface area contributed by atoms with E-state index in [9.17, 15) is 17.6 Å². The molecule has 8 heteroatoms. The molecule has 0 fully saturated rings. The zero-order valence-corrected chi connectivity index (χ0v) is 12.0. The monoisotopic (exact) mass is 313 g/mol. The van der Waals surface area contributed by atoms with Crippen LogP contribution in [0.2, 0.25) is 0 Å². The summed E-state index contributed by atoms with van der Waals surface area (Å²) in [5.74, 6) is -2.71. The van der Waals surface area contributed by atoms with E-state index in [1.165, 1.54) is 19.1 Å². The summed E-state index contributed by atoms with van der Waals surface area (Å²) >= 11 is 0. The van der Waals surface area contributed by atoms with Gasteiger partial charge in [-0.2, -0.15) is 0 Å². The number of sulfonamides is 1. The van der Waals surface area contributed by atoms with Crippen LogP contribution in [0.15, 0.2) is 33.6 Å². The average molecular weight is 313 g/mol. The van der Waals surface area contributed by atoms with E-state index >= 15 is 0 Å². The minimum Gasteiger partial charge on any atom is -0.475 e. The van der Waals surface area contributed by atoms with E-state index in [0.29, 0.717) is 5.56 Å². The molecule has 0 amide bonds.